The van der Waals surface area contributed by atoms with Gasteiger partial charge in [-0.05, 0) is 34.4 Å². The zero-order chi connectivity index (χ0) is 13.4. The third-order valence-electron chi connectivity index (χ3n) is 5.19. The molecule has 1 aromatic rings. The molecule has 0 bridgehead atoms. The van der Waals surface area contributed by atoms with Gasteiger partial charge < -0.3 is 5.32 Å². The predicted molar refractivity (Wildman–Crippen MR) is 79.4 cm³/mol. The smallest absolute Gasteiger partial charge is 0.0205 e. The first-order chi connectivity index (χ1) is 8.37. The van der Waals surface area contributed by atoms with Gasteiger partial charge in [-0.2, -0.15) is 0 Å². The van der Waals surface area contributed by atoms with E-state index in [1.165, 1.54) is 11.1 Å². The Balaban J connectivity index is 1.79. The van der Waals surface area contributed by atoms with Crippen LogP contribution < -0.4 is 5.32 Å². The zero-order valence-electron chi connectivity index (χ0n) is 12.1. The Labute approximate surface area is 111 Å². The Morgan fingerprint density at radius 1 is 1.11 bits per heavy atom. The lowest BCUT2D eigenvalue weighted by Gasteiger charge is -2.09. The van der Waals surface area contributed by atoms with Crippen molar-refractivity contribution in [1.29, 1.82) is 0 Å². The fraction of sp³-hybridized carbons (Fsp3) is 0.529. The largest absolute Gasteiger partial charge is 0.312 e. The van der Waals surface area contributed by atoms with Crippen molar-refractivity contribution in [2.45, 2.75) is 27.7 Å². The summed E-state index contributed by atoms with van der Waals surface area (Å²) in [5, 5.41) is 3.56. The highest BCUT2D eigenvalue weighted by molar-refractivity contribution is 5.64. The van der Waals surface area contributed by atoms with Crippen molar-refractivity contribution in [3.63, 3.8) is 0 Å². The molecule has 98 valence electrons. The second-order valence-electron chi connectivity index (χ2n) is 6.60. The van der Waals surface area contributed by atoms with Crippen molar-refractivity contribution in [2.75, 3.05) is 13.1 Å². The normalized spacial score (nSPS) is 20.7. The first-order valence-corrected chi connectivity index (χ1v) is 6.81. The Hall–Kier alpha value is -1.08. The lowest BCUT2D eigenvalue weighted by molar-refractivity contribution is 0.457. The van der Waals surface area contributed by atoms with Gasteiger partial charge in [0.25, 0.3) is 0 Å². The van der Waals surface area contributed by atoms with E-state index in [-0.39, 0.29) is 0 Å². The van der Waals surface area contributed by atoms with Crippen molar-refractivity contribution in [3.8, 4) is 0 Å². The summed E-state index contributed by atoms with van der Waals surface area (Å²) >= 11 is 0. The van der Waals surface area contributed by atoms with Crippen LogP contribution in [0.25, 0.3) is 5.57 Å². The van der Waals surface area contributed by atoms with E-state index in [1.54, 1.807) is 0 Å². The van der Waals surface area contributed by atoms with Gasteiger partial charge >= 0.3 is 0 Å². The van der Waals surface area contributed by atoms with E-state index in [9.17, 15) is 0 Å². The molecule has 0 saturated heterocycles. The minimum Gasteiger partial charge on any atom is -0.312 e. The average Bonchev–Trinajstić information content (AvgIpc) is 2.72. The molecule has 0 aliphatic heterocycles. The molecule has 0 heterocycles. The van der Waals surface area contributed by atoms with E-state index in [4.69, 9.17) is 0 Å². The molecule has 1 heteroatoms. The summed E-state index contributed by atoms with van der Waals surface area (Å²) in [6.45, 7) is 15.6. The van der Waals surface area contributed by atoms with Crippen molar-refractivity contribution < 1.29 is 0 Å². The summed E-state index contributed by atoms with van der Waals surface area (Å²) in [6.07, 6.45) is 0. The number of nitrogens with one attached hydrogen (secondary N) is 1. The van der Waals surface area contributed by atoms with Crippen molar-refractivity contribution in [2.24, 2.45) is 16.7 Å². The van der Waals surface area contributed by atoms with Gasteiger partial charge in [-0.25, -0.2) is 0 Å². The van der Waals surface area contributed by atoms with Crippen LogP contribution in [0.15, 0.2) is 36.9 Å². The van der Waals surface area contributed by atoms with E-state index in [1.807, 2.05) is 6.07 Å². The third kappa shape index (κ3) is 2.24. The summed E-state index contributed by atoms with van der Waals surface area (Å²) in [4.78, 5) is 0. The summed E-state index contributed by atoms with van der Waals surface area (Å²) in [5.41, 5.74) is 3.34. The molecule has 0 radical (unpaired) electrons. The molecule has 1 saturated carbocycles. The van der Waals surface area contributed by atoms with Gasteiger partial charge in [0.2, 0.25) is 0 Å². The summed E-state index contributed by atoms with van der Waals surface area (Å²) in [5.74, 6) is 0.772. The Morgan fingerprint density at radius 3 is 2.17 bits per heavy atom. The van der Waals surface area contributed by atoms with Crippen LogP contribution in [0.2, 0.25) is 0 Å². The van der Waals surface area contributed by atoms with Crippen LogP contribution >= 0.6 is 0 Å². The van der Waals surface area contributed by atoms with Gasteiger partial charge in [0.15, 0.2) is 0 Å². The van der Waals surface area contributed by atoms with Gasteiger partial charge in [-0.15, -0.1) is 0 Å². The van der Waals surface area contributed by atoms with Gasteiger partial charge in [0.1, 0.15) is 0 Å². The third-order valence-corrected chi connectivity index (χ3v) is 5.19. The Morgan fingerprint density at radius 2 is 1.67 bits per heavy atom. The van der Waals surface area contributed by atoms with E-state index >= 15 is 0 Å². The van der Waals surface area contributed by atoms with Crippen molar-refractivity contribution in [3.05, 3.63) is 42.5 Å². The SMILES string of the molecule is C=C(CNCC1C(C)(C)C1(C)C)c1ccccc1. The van der Waals surface area contributed by atoms with E-state index in [2.05, 4.69) is 63.9 Å². The molecule has 18 heavy (non-hydrogen) atoms. The quantitative estimate of drug-likeness (QED) is 0.825. The average molecular weight is 243 g/mol. The van der Waals surface area contributed by atoms with Gasteiger partial charge in [-0.1, -0.05) is 64.6 Å². The molecule has 1 aromatic carbocycles. The molecule has 1 N–H and O–H groups in total. The fourth-order valence-electron chi connectivity index (χ4n) is 2.99. The molecule has 0 unspecified atom stereocenters. The van der Waals surface area contributed by atoms with Crippen LogP contribution in [0.1, 0.15) is 33.3 Å². The molecule has 0 atom stereocenters. The monoisotopic (exact) mass is 243 g/mol. The van der Waals surface area contributed by atoms with Crippen LogP contribution in [-0.4, -0.2) is 13.1 Å². The standard InChI is InChI=1S/C17H25N/c1-13(14-9-7-6-8-10-14)11-18-12-15-16(2,3)17(15,4)5/h6-10,15,18H,1,11-12H2,2-5H3. The fourth-order valence-corrected chi connectivity index (χ4v) is 2.99. The maximum absolute atomic E-state index is 4.15. The number of benzene rings is 1. The van der Waals surface area contributed by atoms with E-state index < -0.39 is 0 Å². The van der Waals surface area contributed by atoms with Crippen LogP contribution in [-0.2, 0) is 0 Å². The maximum atomic E-state index is 4.15. The highest BCUT2D eigenvalue weighted by atomic mass is 14.9. The molecule has 1 aliphatic carbocycles. The molecule has 1 nitrogen and oxygen atoms in total. The number of rotatable bonds is 5. The lowest BCUT2D eigenvalue weighted by Crippen LogP contribution is -2.21. The lowest BCUT2D eigenvalue weighted by atomic mass is 10.0. The van der Waals surface area contributed by atoms with Crippen molar-refractivity contribution in [1.82, 2.24) is 5.32 Å². The molecule has 0 spiro atoms. The van der Waals surface area contributed by atoms with Crippen LogP contribution in [0.4, 0.5) is 0 Å². The van der Waals surface area contributed by atoms with Crippen LogP contribution in [0, 0.1) is 16.7 Å². The second-order valence-corrected chi connectivity index (χ2v) is 6.60. The summed E-state index contributed by atoms with van der Waals surface area (Å²) in [6, 6.07) is 10.4. The molecular formula is C17H25N. The van der Waals surface area contributed by atoms with Crippen LogP contribution in [0.3, 0.4) is 0 Å². The number of hydrogen-bond donors (Lipinski definition) is 1. The molecule has 1 aliphatic rings. The van der Waals surface area contributed by atoms with E-state index in [0.717, 1.165) is 19.0 Å². The first-order valence-electron chi connectivity index (χ1n) is 6.81. The molecule has 0 amide bonds. The first kappa shape index (κ1) is 13.4. The Kier molecular flexibility index (Phi) is 3.37. The molecule has 2 rings (SSSR count). The summed E-state index contributed by atoms with van der Waals surface area (Å²) in [7, 11) is 0. The summed E-state index contributed by atoms with van der Waals surface area (Å²) < 4.78 is 0. The minimum atomic E-state index is 0.466. The molecule has 1 fully saturated rings. The zero-order valence-corrected chi connectivity index (χ0v) is 12.1. The predicted octanol–water partition coefficient (Wildman–Crippen LogP) is 3.97. The molecular weight excluding hydrogens is 218 g/mol. The minimum absolute atomic E-state index is 0.466. The van der Waals surface area contributed by atoms with Gasteiger partial charge in [0.05, 0.1) is 0 Å². The molecule has 0 aromatic heterocycles. The van der Waals surface area contributed by atoms with Crippen LogP contribution in [0.5, 0.6) is 0 Å². The van der Waals surface area contributed by atoms with Gasteiger partial charge in [0, 0.05) is 6.54 Å². The van der Waals surface area contributed by atoms with Crippen molar-refractivity contribution >= 4 is 5.57 Å². The highest BCUT2D eigenvalue weighted by Crippen LogP contribution is 2.67. The highest BCUT2D eigenvalue weighted by Gasteiger charge is 2.63. The van der Waals surface area contributed by atoms with Gasteiger partial charge in [-0.3, -0.25) is 0 Å². The Bertz CT molecular complexity index is 414. The topological polar surface area (TPSA) is 12.0 Å². The second kappa shape index (κ2) is 4.55. The number of hydrogen-bond acceptors (Lipinski definition) is 1. The maximum Gasteiger partial charge on any atom is 0.0205 e. The van der Waals surface area contributed by atoms with E-state index in [0.29, 0.717) is 10.8 Å².